The molecule has 0 aromatic rings. The molecule has 0 radical (unpaired) electrons. The summed E-state index contributed by atoms with van der Waals surface area (Å²) < 4.78 is 12.6. The topological polar surface area (TPSA) is 96.4 Å². The standard InChI is InChI=1S/C29H44N2O6/c1-7-28-13-9-8-10-18-36-25(35)21(28)20-23(33)30(15-12-17-32)22-24(34)31(16-11-14-29(20,22)37-28)27(5,6)19-26(2,3)4/h9,11,13-14,20-22,32H,7-8,10,12,15-19H2,1-6H3/b13-9-/t20-,21+,22?,28-,29-/m0/s1. The Labute approximate surface area is 221 Å². The Bertz CT molecular complexity index is 981. The number of likely N-dealkylation sites (tertiary alicyclic amines) is 1. The summed E-state index contributed by atoms with van der Waals surface area (Å²) in [4.78, 5) is 45.6. The van der Waals surface area contributed by atoms with Crippen molar-refractivity contribution in [2.75, 3.05) is 26.3 Å². The molecule has 4 rings (SSSR count). The Kier molecular flexibility index (Phi) is 7.40. The Balaban J connectivity index is 1.86. The minimum Gasteiger partial charge on any atom is -0.465 e. The quantitative estimate of drug-likeness (QED) is 0.430. The first-order valence-corrected chi connectivity index (χ1v) is 13.8. The van der Waals surface area contributed by atoms with Crippen LogP contribution in [0.3, 0.4) is 0 Å². The number of aliphatic hydroxyl groups is 1. The van der Waals surface area contributed by atoms with Crippen LogP contribution >= 0.6 is 0 Å². The number of ether oxygens (including phenoxy) is 2. The van der Waals surface area contributed by atoms with Crippen LogP contribution in [0.1, 0.15) is 73.6 Å². The van der Waals surface area contributed by atoms with Gasteiger partial charge < -0.3 is 24.4 Å². The second-order valence-electron chi connectivity index (χ2n) is 12.8. The summed E-state index contributed by atoms with van der Waals surface area (Å²) in [5, 5.41) is 9.59. The van der Waals surface area contributed by atoms with E-state index >= 15 is 0 Å². The number of cyclic esters (lactones) is 1. The molecule has 8 nitrogen and oxygen atoms in total. The second-order valence-corrected chi connectivity index (χ2v) is 12.8. The molecule has 2 amide bonds. The Morgan fingerprint density at radius 1 is 1.05 bits per heavy atom. The summed E-state index contributed by atoms with van der Waals surface area (Å²) in [6.45, 7) is 13.3. The lowest BCUT2D eigenvalue weighted by Gasteiger charge is -2.45. The normalized spacial score (nSPS) is 35.2. The predicted octanol–water partition coefficient (Wildman–Crippen LogP) is 3.24. The predicted molar refractivity (Wildman–Crippen MR) is 139 cm³/mol. The van der Waals surface area contributed by atoms with Crippen LogP contribution in [-0.4, -0.2) is 81.8 Å². The molecular formula is C29H44N2O6. The molecule has 0 bridgehead atoms. The molecule has 4 aliphatic heterocycles. The van der Waals surface area contributed by atoms with E-state index in [1.807, 2.05) is 36.1 Å². The fourth-order valence-corrected chi connectivity index (χ4v) is 7.29. The van der Waals surface area contributed by atoms with Gasteiger partial charge in [-0.2, -0.15) is 0 Å². The van der Waals surface area contributed by atoms with E-state index in [1.165, 1.54) is 0 Å². The lowest BCUT2D eigenvalue weighted by Crippen LogP contribution is -2.60. The van der Waals surface area contributed by atoms with Crippen molar-refractivity contribution >= 4 is 17.8 Å². The maximum absolute atomic E-state index is 14.5. The van der Waals surface area contributed by atoms with Crippen molar-refractivity contribution in [2.45, 2.75) is 96.4 Å². The van der Waals surface area contributed by atoms with Gasteiger partial charge in [-0.05, 0) is 51.4 Å². The van der Waals surface area contributed by atoms with E-state index in [4.69, 9.17) is 9.47 Å². The summed E-state index contributed by atoms with van der Waals surface area (Å²) in [6, 6.07) is -0.922. The summed E-state index contributed by atoms with van der Waals surface area (Å²) in [5.74, 6) is -2.63. The fraction of sp³-hybridized carbons (Fsp3) is 0.759. The number of fused-ring (bicyclic) bond motifs is 2. The zero-order valence-corrected chi connectivity index (χ0v) is 23.3. The molecule has 0 aliphatic carbocycles. The van der Waals surface area contributed by atoms with Gasteiger partial charge in [0.05, 0.1) is 12.5 Å². The zero-order chi connectivity index (χ0) is 27.2. The van der Waals surface area contributed by atoms with E-state index in [0.29, 0.717) is 25.8 Å². The van der Waals surface area contributed by atoms with E-state index in [0.717, 1.165) is 12.8 Å². The van der Waals surface area contributed by atoms with Crippen molar-refractivity contribution < 1.29 is 29.0 Å². The van der Waals surface area contributed by atoms with Gasteiger partial charge in [0.25, 0.3) is 0 Å². The smallest absolute Gasteiger partial charge is 0.313 e. The number of rotatable bonds is 6. The van der Waals surface area contributed by atoms with Gasteiger partial charge >= 0.3 is 5.97 Å². The first-order valence-electron chi connectivity index (χ1n) is 13.8. The Hall–Kier alpha value is -2.19. The minimum absolute atomic E-state index is 0.0171. The van der Waals surface area contributed by atoms with Crippen LogP contribution in [0, 0.1) is 17.3 Å². The lowest BCUT2D eigenvalue weighted by molar-refractivity contribution is -0.162. The highest BCUT2D eigenvalue weighted by atomic mass is 16.6. The van der Waals surface area contributed by atoms with Gasteiger partial charge in [-0.3, -0.25) is 14.4 Å². The number of carbonyl (C=O) groups excluding carboxylic acids is 3. The summed E-state index contributed by atoms with van der Waals surface area (Å²) in [6.07, 6.45) is 10.8. The maximum atomic E-state index is 14.5. The molecule has 0 saturated carbocycles. The molecule has 0 aromatic heterocycles. The Morgan fingerprint density at radius 2 is 1.78 bits per heavy atom. The highest BCUT2D eigenvalue weighted by Crippen LogP contribution is 2.58. The molecule has 2 fully saturated rings. The van der Waals surface area contributed by atoms with E-state index in [1.54, 1.807) is 4.90 Å². The van der Waals surface area contributed by atoms with Crippen molar-refractivity contribution in [1.82, 2.24) is 9.80 Å². The molecule has 8 heteroatoms. The average Bonchev–Trinajstić information content (AvgIpc) is 3.17. The minimum atomic E-state index is -1.29. The van der Waals surface area contributed by atoms with Crippen molar-refractivity contribution in [3.63, 3.8) is 0 Å². The lowest BCUT2D eigenvalue weighted by atomic mass is 9.73. The number of aliphatic hydroxyl groups excluding tert-OH is 1. The van der Waals surface area contributed by atoms with Crippen molar-refractivity contribution in [3.05, 3.63) is 24.3 Å². The third kappa shape index (κ3) is 4.65. The molecule has 4 aliphatic rings. The first kappa shape index (κ1) is 27.8. The molecule has 1 N–H and O–H groups in total. The van der Waals surface area contributed by atoms with Crippen LogP contribution in [0.2, 0.25) is 0 Å². The third-order valence-electron chi connectivity index (χ3n) is 8.38. The largest absolute Gasteiger partial charge is 0.465 e. The number of hydrogen-bond donors (Lipinski definition) is 1. The van der Waals surface area contributed by atoms with Gasteiger partial charge in [0.2, 0.25) is 11.8 Å². The number of amides is 2. The van der Waals surface area contributed by atoms with Gasteiger partial charge in [0.1, 0.15) is 23.2 Å². The Morgan fingerprint density at radius 3 is 2.43 bits per heavy atom. The SMILES string of the molecule is CC[C@]12/C=C\CCCOC(=O)[C@H]1[C@H]1C(=O)N(CCCO)C3C(=O)N(C(C)(C)CC(C)(C)C)CC=C[C@@]31O2. The maximum Gasteiger partial charge on any atom is 0.313 e. The molecule has 206 valence electrons. The van der Waals surface area contributed by atoms with Gasteiger partial charge in [0, 0.05) is 25.2 Å². The number of esters is 1. The first-order chi connectivity index (χ1) is 17.3. The third-order valence-corrected chi connectivity index (χ3v) is 8.38. The average molecular weight is 517 g/mol. The van der Waals surface area contributed by atoms with E-state index in [-0.39, 0.29) is 37.0 Å². The van der Waals surface area contributed by atoms with E-state index < -0.39 is 40.6 Å². The molecule has 1 unspecified atom stereocenters. The number of carbonyl (C=O) groups is 3. The van der Waals surface area contributed by atoms with Gasteiger partial charge in [-0.1, -0.05) is 52.0 Å². The van der Waals surface area contributed by atoms with Crippen molar-refractivity contribution in [2.24, 2.45) is 17.3 Å². The molecule has 1 spiro atoms. The van der Waals surface area contributed by atoms with Crippen LogP contribution < -0.4 is 0 Å². The van der Waals surface area contributed by atoms with Crippen LogP contribution in [0.25, 0.3) is 0 Å². The van der Waals surface area contributed by atoms with Gasteiger partial charge in [0.15, 0.2) is 0 Å². The summed E-state index contributed by atoms with van der Waals surface area (Å²) in [5.41, 5.74) is -2.82. The fourth-order valence-electron chi connectivity index (χ4n) is 7.29. The number of nitrogens with zero attached hydrogens (tertiary/aromatic N) is 2. The second kappa shape index (κ2) is 9.84. The van der Waals surface area contributed by atoms with E-state index in [9.17, 15) is 19.5 Å². The van der Waals surface area contributed by atoms with Gasteiger partial charge in [-0.25, -0.2) is 0 Å². The molecule has 5 atom stereocenters. The monoisotopic (exact) mass is 516 g/mol. The highest BCUT2D eigenvalue weighted by Gasteiger charge is 2.75. The molecular weight excluding hydrogens is 472 g/mol. The number of hydrogen-bond acceptors (Lipinski definition) is 6. The molecule has 37 heavy (non-hydrogen) atoms. The van der Waals surface area contributed by atoms with Crippen LogP contribution in [0.4, 0.5) is 0 Å². The zero-order valence-electron chi connectivity index (χ0n) is 23.3. The van der Waals surface area contributed by atoms with Crippen molar-refractivity contribution in [1.29, 1.82) is 0 Å². The molecule has 4 heterocycles. The van der Waals surface area contributed by atoms with Crippen LogP contribution in [0.15, 0.2) is 24.3 Å². The highest BCUT2D eigenvalue weighted by molar-refractivity contribution is 5.99. The van der Waals surface area contributed by atoms with Crippen molar-refractivity contribution in [3.8, 4) is 0 Å². The number of allylic oxidation sites excluding steroid dienone is 1. The van der Waals surface area contributed by atoms with E-state index in [2.05, 4.69) is 34.6 Å². The summed E-state index contributed by atoms with van der Waals surface area (Å²) >= 11 is 0. The molecule has 2 saturated heterocycles. The van der Waals surface area contributed by atoms with Crippen LogP contribution in [-0.2, 0) is 23.9 Å². The van der Waals surface area contributed by atoms with Crippen LogP contribution in [0.5, 0.6) is 0 Å². The molecule has 0 aromatic carbocycles. The summed E-state index contributed by atoms with van der Waals surface area (Å²) in [7, 11) is 0. The van der Waals surface area contributed by atoms with Gasteiger partial charge in [-0.15, -0.1) is 0 Å².